The minimum Gasteiger partial charge on any atom is -0.338 e. The summed E-state index contributed by atoms with van der Waals surface area (Å²) in [4.78, 5) is 19.0. The zero-order valence-corrected chi connectivity index (χ0v) is 14.1. The highest BCUT2D eigenvalue weighted by Crippen LogP contribution is 2.29. The number of hydrogen-bond acceptors (Lipinski definition) is 4. The molecule has 0 saturated carbocycles. The molecule has 0 spiro atoms. The van der Waals surface area contributed by atoms with Gasteiger partial charge in [0.25, 0.3) is 0 Å². The first-order valence-corrected chi connectivity index (χ1v) is 8.61. The van der Waals surface area contributed by atoms with Crippen LogP contribution in [0, 0.1) is 0 Å². The Balaban J connectivity index is 1.58. The molecule has 24 heavy (non-hydrogen) atoms. The quantitative estimate of drug-likeness (QED) is 0.912. The summed E-state index contributed by atoms with van der Waals surface area (Å²) in [6.45, 7) is 4.22. The third-order valence-electron chi connectivity index (χ3n) is 4.45. The minimum absolute atomic E-state index is 0.0204. The lowest BCUT2D eigenvalue weighted by Crippen LogP contribution is -2.45. The van der Waals surface area contributed by atoms with Crippen LogP contribution in [0.5, 0.6) is 0 Å². The Bertz CT molecular complexity index is 656. The summed E-state index contributed by atoms with van der Waals surface area (Å²) in [5, 5.41) is 11.0. The highest BCUT2D eigenvalue weighted by Gasteiger charge is 2.28. The van der Waals surface area contributed by atoms with Gasteiger partial charge in [-0.25, -0.2) is 4.79 Å². The molecule has 7 heteroatoms. The first-order valence-electron chi connectivity index (χ1n) is 8.61. The van der Waals surface area contributed by atoms with E-state index in [1.807, 2.05) is 27.7 Å². The summed E-state index contributed by atoms with van der Waals surface area (Å²) in [6, 6.07) is 5.93. The van der Waals surface area contributed by atoms with Crippen LogP contribution in [0.25, 0.3) is 0 Å². The van der Waals surface area contributed by atoms with Crippen molar-refractivity contribution < 1.29 is 4.79 Å². The van der Waals surface area contributed by atoms with Crippen LogP contribution in [-0.4, -0.2) is 43.8 Å². The number of pyridine rings is 1. The minimum atomic E-state index is -0.0204. The highest BCUT2D eigenvalue weighted by atomic mass is 16.2. The van der Waals surface area contributed by atoms with Gasteiger partial charge in [-0.2, -0.15) is 0 Å². The molecule has 1 unspecified atom stereocenters. The Morgan fingerprint density at radius 3 is 3.08 bits per heavy atom. The van der Waals surface area contributed by atoms with Gasteiger partial charge in [0.1, 0.15) is 12.2 Å². The number of piperidine rings is 1. The van der Waals surface area contributed by atoms with Crippen LogP contribution < -0.4 is 5.32 Å². The van der Waals surface area contributed by atoms with Crippen LogP contribution in [0.4, 0.5) is 4.79 Å². The molecule has 0 bridgehead atoms. The van der Waals surface area contributed by atoms with Crippen molar-refractivity contribution >= 4 is 6.03 Å². The Kier molecular flexibility index (Phi) is 5.40. The molecule has 3 heterocycles. The molecule has 1 aliphatic heterocycles. The molecular formula is C17H24N6O. The number of likely N-dealkylation sites (tertiary alicyclic amines) is 1. The molecule has 128 valence electrons. The summed E-state index contributed by atoms with van der Waals surface area (Å²) in [5.41, 5.74) is 0.970. The van der Waals surface area contributed by atoms with Crippen LogP contribution in [-0.2, 0) is 13.0 Å². The molecule has 2 amide bonds. The van der Waals surface area contributed by atoms with Crippen LogP contribution in [0.2, 0.25) is 0 Å². The van der Waals surface area contributed by atoms with E-state index in [2.05, 4.69) is 27.4 Å². The maximum Gasteiger partial charge on any atom is 0.317 e. The topological polar surface area (TPSA) is 75.9 Å². The number of carbonyl (C=O) groups is 1. The number of aromatic nitrogens is 4. The third-order valence-corrected chi connectivity index (χ3v) is 4.45. The van der Waals surface area contributed by atoms with E-state index in [-0.39, 0.29) is 12.1 Å². The van der Waals surface area contributed by atoms with Gasteiger partial charge in [-0.15, -0.1) is 10.2 Å². The summed E-state index contributed by atoms with van der Waals surface area (Å²) in [5.74, 6) is 0.901. The average Bonchev–Trinajstić information content (AvgIpc) is 3.10. The molecule has 0 aromatic carbocycles. The van der Waals surface area contributed by atoms with Crippen molar-refractivity contribution in [2.45, 2.75) is 45.2 Å². The van der Waals surface area contributed by atoms with E-state index in [9.17, 15) is 4.79 Å². The lowest BCUT2D eigenvalue weighted by molar-refractivity contribution is 0.150. The summed E-state index contributed by atoms with van der Waals surface area (Å²) >= 11 is 0. The molecule has 0 radical (unpaired) electrons. The maximum absolute atomic E-state index is 12.6. The largest absolute Gasteiger partial charge is 0.338 e. The van der Waals surface area contributed by atoms with Crippen LogP contribution in [0.1, 0.15) is 43.7 Å². The SMILES string of the molecule is CCn1cnnc1CCNC(=O)N1CCCCC1c1ccccn1. The van der Waals surface area contributed by atoms with Crippen LogP contribution >= 0.6 is 0 Å². The normalized spacial score (nSPS) is 17.7. The second kappa shape index (κ2) is 7.90. The molecule has 2 aromatic heterocycles. The van der Waals surface area contributed by atoms with Gasteiger partial charge in [0, 0.05) is 32.3 Å². The number of aryl methyl sites for hydroxylation is 1. The molecular weight excluding hydrogens is 304 g/mol. The summed E-state index contributed by atoms with van der Waals surface area (Å²) in [7, 11) is 0. The Morgan fingerprint density at radius 2 is 2.29 bits per heavy atom. The van der Waals surface area contributed by atoms with Crippen molar-refractivity contribution in [1.82, 2.24) is 30.0 Å². The number of nitrogens with zero attached hydrogens (tertiary/aromatic N) is 5. The van der Waals surface area contributed by atoms with Crippen molar-refractivity contribution in [3.8, 4) is 0 Å². The number of hydrogen-bond donors (Lipinski definition) is 1. The van der Waals surface area contributed by atoms with Gasteiger partial charge in [0.05, 0.1) is 11.7 Å². The lowest BCUT2D eigenvalue weighted by Gasteiger charge is -2.35. The zero-order valence-electron chi connectivity index (χ0n) is 14.1. The lowest BCUT2D eigenvalue weighted by atomic mass is 9.99. The van der Waals surface area contributed by atoms with E-state index in [0.29, 0.717) is 13.0 Å². The van der Waals surface area contributed by atoms with E-state index in [0.717, 1.165) is 43.9 Å². The van der Waals surface area contributed by atoms with Gasteiger partial charge < -0.3 is 14.8 Å². The van der Waals surface area contributed by atoms with Gasteiger partial charge in [-0.05, 0) is 38.3 Å². The smallest absolute Gasteiger partial charge is 0.317 e. The van der Waals surface area contributed by atoms with E-state index >= 15 is 0 Å². The van der Waals surface area contributed by atoms with Crippen molar-refractivity contribution in [2.75, 3.05) is 13.1 Å². The average molecular weight is 328 g/mol. The van der Waals surface area contributed by atoms with Crippen molar-refractivity contribution in [2.24, 2.45) is 0 Å². The number of amides is 2. The molecule has 7 nitrogen and oxygen atoms in total. The second-order valence-corrected chi connectivity index (χ2v) is 5.97. The Hall–Kier alpha value is -2.44. The zero-order chi connectivity index (χ0) is 16.8. The predicted octanol–water partition coefficient (Wildman–Crippen LogP) is 2.17. The fourth-order valence-electron chi connectivity index (χ4n) is 3.17. The number of rotatable bonds is 5. The Morgan fingerprint density at radius 1 is 1.38 bits per heavy atom. The van der Waals surface area contributed by atoms with Crippen LogP contribution in [0.3, 0.4) is 0 Å². The van der Waals surface area contributed by atoms with Gasteiger partial charge in [0.15, 0.2) is 0 Å². The number of nitrogens with one attached hydrogen (secondary N) is 1. The molecule has 3 rings (SSSR count). The molecule has 1 saturated heterocycles. The number of carbonyl (C=O) groups excluding carboxylic acids is 1. The molecule has 1 N–H and O–H groups in total. The van der Waals surface area contributed by atoms with E-state index in [4.69, 9.17) is 0 Å². The van der Waals surface area contributed by atoms with Gasteiger partial charge in [-0.1, -0.05) is 6.07 Å². The molecule has 1 fully saturated rings. The molecule has 2 aromatic rings. The predicted molar refractivity (Wildman–Crippen MR) is 90.3 cm³/mol. The first kappa shape index (κ1) is 16.4. The van der Waals surface area contributed by atoms with Gasteiger partial charge in [0.2, 0.25) is 0 Å². The second-order valence-electron chi connectivity index (χ2n) is 5.97. The summed E-state index contributed by atoms with van der Waals surface area (Å²) < 4.78 is 1.99. The molecule has 1 atom stereocenters. The highest BCUT2D eigenvalue weighted by molar-refractivity contribution is 5.74. The van der Waals surface area contributed by atoms with Crippen LogP contribution in [0.15, 0.2) is 30.7 Å². The Labute approximate surface area is 142 Å². The van der Waals surface area contributed by atoms with Gasteiger partial charge >= 0.3 is 6.03 Å². The van der Waals surface area contributed by atoms with Crippen molar-refractivity contribution in [3.63, 3.8) is 0 Å². The molecule has 1 aliphatic rings. The third kappa shape index (κ3) is 3.72. The fourth-order valence-corrected chi connectivity index (χ4v) is 3.17. The van der Waals surface area contributed by atoms with Crippen molar-refractivity contribution in [3.05, 3.63) is 42.2 Å². The monoisotopic (exact) mass is 328 g/mol. The van der Waals surface area contributed by atoms with Crippen molar-refractivity contribution in [1.29, 1.82) is 0 Å². The van der Waals surface area contributed by atoms with E-state index in [1.165, 1.54) is 0 Å². The summed E-state index contributed by atoms with van der Waals surface area (Å²) in [6.07, 6.45) is 7.33. The van der Waals surface area contributed by atoms with E-state index in [1.54, 1.807) is 12.5 Å². The standard InChI is InChI=1S/C17H24N6O/c1-2-22-13-20-21-16(22)9-11-19-17(24)23-12-6-4-8-15(23)14-7-3-5-10-18-14/h3,5,7,10,13,15H,2,4,6,8-9,11-12H2,1H3,(H,19,24). The fraction of sp³-hybridized carbons (Fsp3) is 0.529. The van der Waals surface area contributed by atoms with E-state index < -0.39 is 0 Å². The number of urea groups is 1. The van der Waals surface area contributed by atoms with Gasteiger partial charge in [-0.3, -0.25) is 4.98 Å². The first-order chi connectivity index (χ1) is 11.8. The maximum atomic E-state index is 12.6. The molecule has 0 aliphatic carbocycles.